The third-order valence-corrected chi connectivity index (χ3v) is 2.84. The van der Waals surface area contributed by atoms with Crippen molar-refractivity contribution in [3.8, 4) is 0 Å². The fraction of sp³-hybridized carbons (Fsp3) is 0.545. The third-order valence-electron chi connectivity index (χ3n) is 1.99. The molecule has 1 rings (SSSR count). The first-order valence-corrected chi connectivity index (χ1v) is 6.46. The standard InChI is InChI=1S/C11H18N4OS.ClH/c1-8-6-9(2)15-11(14-8)17-7-10(16)13-5-4-12-3;/h6,12H,4-5,7H2,1-3H3,(H,13,16);1H. The normalized spacial score (nSPS) is 9.72. The van der Waals surface area contributed by atoms with E-state index in [0.29, 0.717) is 17.5 Å². The summed E-state index contributed by atoms with van der Waals surface area (Å²) in [6.45, 7) is 5.26. The minimum Gasteiger partial charge on any atom is -0.354 e. The Morgan fingerprint density at radius 1 is 1.28 bits per heavy atom. The number of carbonyl (C=O) groups excluding carboxylic acids is 1. The number of thioether (sulfide) groups is 1. The lowest BCUT2D eigenvalue weighted by Gasteiger charge is -2.04. The molecule has 2 N–H and O–H groups in total. The molecule has 7 heteroatoms. The fourth-order valence-electron chi connectivity index (χ4n) is 1.27. The van der Waals surface area contributed by atoms with E-state index in [9.17, 15) is 4.79 Å². The van der Waals surface area contributed by atoms with Crippen molar-refractivity contribution in [2.45, 2.75) is 19.0 Å². The number of hydrogen-bond acceptors (Lipinski definition) is 5. The quantitative estimate of drug-likeness (QED) is 0.464. The van der Waals surface area contributed by atoms with Gasteiger partial charge in [0.2, 0.25) is 5.91 Å². The molecule has 0 aliphatic carbocycles. The monoisotopic (exact) mass is 290 g/mol. The van der Waals surface area contributed by atoms with Crippen LogP contribution in [0.4, 0.5) is 0 Å². The summed E-state index contributed by atoms with van der Waals surface area (Å²) < 4.78 is 0. The Morgan fingerprint density at radius 2 is 1.89 bits per heavy atom. The summed E-state index contributed by atoms with van der Waals surface area (Å²) in [5.41, 5.74) is 1.85. The van der Waals surface area contributed by atoms with Crippen LogP contribution in [0.5, 0.6) is 0 Å². The number of halogens is 1. The highest BCUT2D eigenvalue weighted by atomic mass is 35.5. The third kappa shape index (κ3) is 6.78. The van der Waals surface area contributed by atoms with Crippen LogP contribution in [0.15, 0.2) is 11.2 Å². The number of rotatable bonds is 6. The summed E-state index contributed by atoms with van der Waals surface area (Å²) in [6.07, 6.45) is 0. The molecule has 0 fully saturated rings. The molecule has 0 aromatic carbocycles. The summed E-state index contributed by atoms with van der Waals surface area (Å²) in [7, 11) is 1.85. The molecule has 1 heterocycles. The van der Waals surface area contributed by atoms with E-state index < -0.39 is 0 Å². The Labute approximate surface area is 118 Å². The number of aryl methyl sites for hydroxylation is 2. The predicted molar refractivity (Wildman–Crippen MR) is 76.4 cm³/mol. The number of amides is 1. The number of hydrogen-bond donors (Lipinski definition) is 2. The van der Waals surface area contributed by atoms with Gasteiger partial charge in [-0.3, -0.25) is 4.79 Å². The zero-order valence-corrected chi connectivity index (χ0v) is 12.5. The summed E-state index contributed by atoms with van der Waals surface area (Å²) in [6, 6.07) is 1.91. The van der Waals surface area contributed by atoms with E-state index >= 15 is 0 Å². The fourth-order valence-corrected chi connectivity index (χ4v) is 2.05. The van der Waals surface area contributed by atoms with E-state index in [1.54, 1.807) is 0 Å². The van der Waals surface area contributed by atoms with Crippen molar-refractivity contribution in [1.29, 1.82) is 0 Å². The van der Waals surface area contributed by atoms with Gasteiger partial charge < -0.3 is 10.6 Å². The maximum atomic E-state index is 11.4. The lowest BCUT2D eigenvalue weighted by molar-refractivity contribution is -0.118. The molecule has 0 saturated carbocycles. The summed E-state index contributed by atoms with van der Waals surface area (Å²) in [5, 5.41) is 6.43. The average molecular weight is 291 g/mol. The largest absolute Gasteiger partial charge is 0.354 e. The van der Waals surface area contributed by atoms with Gasteiger partial charge in [0, 0.05) is 24.5 Å². The first kappa shape index (κ1) is 17.2. The molecule has 0 spiro atoms. The van der Waals surface area contributed by atoms with E-state index in [2.05, 4.69) is 20.6 Å². The van der Waals surface area contributed by atoms with Crippen LogP contribution in [0.3, 0.4) is 0 Å². The molecule has 1 amide bonds. The number of nitrogens with zero attached hydrogens (tertiary/aromatic N) is 2. The molecule has 0 aliphatic rings. The highest BCUT2D eigenvalue weighted by Crippen LogP contribution is 2.13. The van der Waals surface area contributed by atoms with Gasteiger partial charge in [-0.2, -0.15) is 0 Å². The second-order valence-corrected chi connectivity index (χ2v) is 4.62. The van der Waals surface area contributed by atoms with Crippen molar-refractivity contribution >= 4 is 30.1 Å². The van der Waals surface area contributed by atoms with Crippen LogP contribution in [0.1, 0.15) is 11.4 Å². The predicted octanol–water partition coefficient (Wildman–Crippen LogP) is 0.943. The zero-order valence-electron chi connectivity index (χ0n) is 10.8. The van der Waals surface area contributed by atoms with Crippen LogP contribution in [0, 0.1) is 13.8 Å². The highest BCUT2D eigenvalue weighted by Gasteiger charge is 2.05. The first-order chi connectivity index (χ1) is 8.11. The minimum atomic E-state index is 0. The minimum absolute atomic E-state index is 0. The van der Waals surface area contributed by atoms with Crippen molar-refractivity contribution < 1.29 is 4.79 Å². The number of likely N-dealkylation sites (N-methyl/N-ethyl adjacent to an activating group) is 1. The Hall–Kier alpha value is -0.850. The average Bonchev–Trinajstić information content (AvgIpc) is 2.25. The molecule has 1 aromatic rings. The molecule has 18 heavy (non-hydrogen) atoms. The van der Waals surface area contributed by atoms with Crippen molar-refractivity contribution in [3.05, 3.63) is 17.5 Å². The van der Waals surface area contributed by atoms with Gasteiger partial charge in [-0.05, 0) is 27.0 Å². The number of carbonyl (C=O) groups is 1. The molecule has 0 unspecified atom stereocenters. The topological polar surface area (TPSA) is 66.9 Å². The Kier molecular flexibility index (Phi) is 8.70. The molecule has 1 aromatic heterocycles. The second-order valence-electron chi connectivity index (χ2n) is 3.68. The van der Waals surface area contributed by atoms with Crippen molar-refractivity contribution in [1.82, 2.24) is 20.6 Å². The molecule has 0 atom stereocenters. The Balaban J connectivity index is 0.00000289. The maximum Gasteiger partial charge on any atom is 0.230 e. The van der Waals surface area contributed by atoms with Crippen LogP contribution >= 0.6 is 24.2 Å². The molecule has 0 aliphatic heterocycles. The second kappa shape index (κ2) is 9.13. The summed E-state index contributed by atoms with van der Waals surface area (Å²) >= 11 is 1.36. The van der Waals surface area contributed by atoms with Gasteiger partial charge in [-0.15, -0.1) is 12.4 Å². The smallest absolute Gasteiger partial charge is 0.230 e. The van der Waals surface area contributed by atoms with Crippen molar-refractivity contribution in [2.24, 2.45) is 0 Å². The van der Waals surface area contributed by atoms with Gasteiger partial charge in [0.25, 0.3) is 0 Å². The Bertz CT molecular complexity index is 369. The summed E-state index contributed by atoms with van der Waals surface area (Å²) in [4.78, 5) is 20.0. The van der Waals surface area contributed by atoms with Gasteiger partial charge in [0.15, 0.2) is 5.16 Å². The molecule has 0 radical (unpaired) electrons. The SMILES string of the molecule is CNCCNC(=O)CSc1nc(C)cc(C)n1.Cl. The van der Waals surface area contributed by atoms with Crippen molar-refractivity contribution in [2.75, 3.05) is 25.9 Å². The Morgan fingerprint density at radius 3 is 2.44 bits per heavy atom. The molecular weight excluding hydrogens is 272 g/mol. The van der Waals surface area contributed by atoms with Crippen molar-refractivity contribution in [3.63, 3.8) is 0 Å². The van der Waals surface area contributed by atoms with Gasteiger partial charge in [0.05, 0.1) is 5.75 Å². The first-order valence-electron chi connectivity index (χ1n) is 5.48. The van der Waals surface area contributed by atoms with Gasteiger partial charge in [-0.25, -0.2) is 9.97 Å². The lowest BCUT2D eigenvalue weighted by Crippen LogP contribution is -2.31. The molecular formula is C11H19ClN4OS. The van der Waals surface area contributed by atoms with Gasteiger partial charge >= 0.3 is 0 Å². The maximum absolute atomic E-state index is 11.4. The van der Waals surface area contributed by atoms with Crippen LogP contribution in [-0.2, 0) is 4.79 Å². The zero-order chi connectivity index (χ0) is 12.7. The van der Waals surface area contributed by atoms with E-state index in [1.807, 2.05) is 27.0 Å². The van der Waals surface area contributed by atoms with Gasteiger partial charge in [-0.1, -0.05) is 11.8 Å². The highest BCUT2D eigenvalue weighted by molar-refractivity contribution is 7.99. The number of aromatic nitrogens is 2. The molecule has 5 nitrogen and oxygen atoms in total. The summed E-state index contributed by atoms with van der Waals surface area (Å²) in [5.74, 6) is 0.361. The van der Waals surface area contributed by atoms with E-state index in [4.69, 9.17) is 0 Å². The van der Waals surface area contributed by atoms with Crippen LogP contribution in [0.2, 0.25) is 0 Å². The van der Waals surface area contributed by atoms with E-state index in [1.165, 1.54) is 11.8 Å². The van der Waals surface area contributed by atoms with E-state index in [0.717, 1.165) is 17.9 Å². The van der Waals surface area contributed by atoms with Crippen LogP contribution < -0.4 is 10.6 Å². The molecule has 0 saturated heterocycles. The lowest BCUT2D eigenvalue weighted by atomic mass is 10.4. The van der Waals surface area contributed by atoms with Crippen LogP contribution in [0.25, 0.3) is 0 Å². The molecule has 0 bridgehead atoms. The van der Waals surface area contributed by atoms with E-state index in [-0.39, 0.29) is 18.3 Å². The van der Waals surface area contributed by atoms with Gasteiger partial charge in [0.1, 0.15) is 0 Å². The van der Waals surface area contributed by atoms with Crippen LogP contribution in [-0.4, -0.2) is 41.8 Å². The number of nitrogens with one attached hydrogen (secondary N) is 2. The molecule has 102 valence electrons.